The number of aromatic nitrogens is 6. The second kappa shape index (κ2) is 8.86. The maximum atomic E-state index is 13.1. The van der Waals surface area contributed by atoms with Gasteiger partial charge in [0.15, 0.2) is 18.1 Å². The summed E-state index contributed by atoms with van der Waals surface area (Å²) >= 11 is 0. The van der Waals surface area contributed by atoms with Crippen LogP contribution in [0, 0.1) is 0 Å². The van der Waals surface area contributed by atoms with E-state index in [0.717, 1.165) is 42.5 Å². The fraction of sp³-hybridized carbons (Fsp3) is 0.294. The van der Waals surface area contributed by atoms with Crippen molar-refractivity contribution in [3.8, 4) is 23.0 Å². The molecular weight excluding hydrogens is 491 g/mol. The zero-order valence-corrected chi connectivity index (χ0v) is 16.6. The van der Waals surface area contributed by atoms with Crippen molar-refractivity contribution in [3.63, 3.8) is 0 Å². The SMILES string of the molecule is COc1cc(-c2ncn(/C=C\c3nn(CC(F)(F)F)nc3OC(F)(F)F)n2)cc(C(F)(F)F)c1. The van der Waals surface area contributed by atoms with E-state index in [1.54, 1.807) is 0 Å². The Morgan fingerprint density at radius 3 is 2.24 bits per heavy atom. The number of benzene rings is 1. The molecular formula is C17H11F9N6O2. The van der Waals surface area contributed by atoms with E-state index in [9.17, 15) is 39.5 Å². The van der Waals surface area contributed by atoms with Crippen LogP contribution in [0.1, 0.15) is 11.3 Å². The predicted octanol–water partition coefficient (Wildman–Crippen LogP) is 4.65. The summed E-state index contributed by atoms with van der Waals surface area (Å²) in [7, 11) is 1.15. The van der Waals surface area contributed by atoms with Crippen LogP contribution in [0.4, 0.5) is 39.5 Å². The zero-order chi connectivity index (χ0) is 25.3. The Hall–Kier alpha value is -3.79. The first-order valence-electron chi connectivity index (χ1n) is 8.76. The lowest BCUT2D eigenvalue weighted by Gasteiger charge is -2.10. The molecule has 0 aliphatic heterocycles. The van der Waals surface area contributed by atoms with Crippen LogP contribution in [0.15, 0.2) is 24.5 Å². The van der Waals surface area contributed by atoms with Crippen LogP contribution < -0.4 is 9.47 Å². The smallest absolute Gasteiger partial charge is 0.497 e. The maximum absolute atomic E-state index is 13.1. The average molecular weight is 502 g/mol. The van der Waals surface area contributed by atoms with Gasteiger partial charge in [0.25, 0.3) is 5.88 Å². The van der Waals surface area contributed by atoms with Gasteiger partial charge < -0.3 is 9.47 Å². The summed E-state index contributed by atoms with van der Waals surface area (Å²) in [5.41, 5.74) is -1.85. The molecule has 0 unspecified atom stereocenters. The van der Waals surface area contributed by atoms with E-state index in [1.807, 2.05) is 0 Å². The summed E-state index contributed by atoms with van der Waals surface area (Å²) in [6.07, 6.45) is -12.0. The van der Waals surface area contributed by atoms with Crippen molar-refractivity contribution >= 4 is 12.3 Å². The monoisotopic (exact) mass is 502 g/mol. The van der Waals surface area contributed by atoms with Gasteiger partial charge in [-0.2, -0.15) is 31.1 Å². The topological polar surface area (TPSA) is 79.9 Å². The fourth-order valence-corrected chi connectivity index (χ4v) is 2.50. The van der Waals surface area contributed by atoms with E-state index in [2.05, 4.69) is 25.0 Å². The highest BCUT2D eigenvalue weighted by molar-refractivity contribution is 5.62. The van der Waals surface area contributed by atoms with Crippen LogP contribution in [0.3, 0.4) is 0 Å². The van der Waals surface area contributed by atoms with Crippen LogP contribution >= 0.6 is 0 Å². The summed E-state index contributed by atoms with van der Waals surface area (Å²) in [6.45, 7) is -1.78. The molecule has 3 rings (SSSR count). The van der Waals surface area contributed by atoms with E-state index in [0.29, 0.717) is 0 Å². The molecule has 2 aromatic heterocycles. The second-order valence-electron chi connectivity index (χ2n) is 6.40. The highest BCUT2D eigenvalue weighted by Crippen LogP contribution is 2.35. The molecule has 3 aromatic rings. The Kier molecular flexibility index (Phi) is 6.48. The van der Waals surface area contributed by atoms with Crippen LogP contribution in [0.5, 0.6) is 11.6 Å². The molecule has 8 nitrogen and oxygen atoms in total. The first kappa shape index (κ1) is 24.8. The molecule has 0 saturated heterocycles. The van der Waals surface area contributed by atoms with Crippen LogP contribution in [0.2, 0.25) is 0 Å². The van der Waals surface area contributed by atoms with Gasteiger partial charge in [-0.25, -0.2) is 9.67 Å². The third kappa shape index (κ3) is 6.61. The van der Waals surface area contributed by atoms with E-state index in [4.69, 9.17) is 4.74 Å². The molecule has 0 atom stereocenters. The molecule has 34 heavy (non-hydrogen) atoms. The van der Waals surface area contributed by atoms with Gasteiger partial charge in [0.2, 0.25) is 0 Å². The predicted molar refractivity (Wildman–Crippen MR) is 95.0 cm³/mol. The molecule has 0 bridgehead atoms. The van der Waals surface area contributed by atoms with Crippen molar-refractivity contribution in [1.82, 2.24) is 29.8 Å². The lowest BCUT2D eigenvalue weighted by molar-refractivity contribution is -0.276. The Bertz CT molecular complexity index is 1180. The standard InChI is InChI=1S/C17H11F9N6O2/c1-33-11-5-9(4-10(6-11)16(21,22)23)13-27-8-31(29-13)3-2-12-14(34-17(24,25)26)30-32(28-12)7-15(18,19)20/h2-6,8H,7H2,1H3/b3-2-. The van der Waals surface area contributed by atoms with E-state index < -0.39 is 42.4 Å². The minimum Gasteiger partial charge on any atom is -0.497 e. The van der Waals surface area contributed by atoms with Gasteiger partial charge in [-0.3, -0.25) is 0 Å². The molecule has 0 aliphatic carbocycles. The summed E-state index contributed by atoms with van der Waals surface area (Å²) < 4.78 is 124. The molecule has 0 N–H and O–H groups in total. The lowest BCUT2D eigenvalue weighted by atomic mass is 10.1. The van der Waals surface area contributed by atoms with E-state index in [1.165, 1.54) is 6.07 Å². The minimum atomic E-state index is -5.26. The number of nitrogens with zero attached hydrogens (tertiary/aromatic N) is 6. The van der Waals surface area contributed by atoms with Crippen molar-refractivity contribution in [1.29, 1.82) is 0 Å². The number of methoxy groups -OCH3 is 1. The molecule has 0 spiro atoms. The van der Waals surface area contributed by atoms with Gasteiger partial charge in [0.05, 0.1) is 12.7 Å². The Balaban J connectivity index is 1.90. The Morgan fingerprint density at radius 1 is 0.941 bits per heavy atom. The van der Waals surface area contributed by atoms with Gasteiger partial charge >= 0.3 is 18.7 Å². The normalized spacial score (nSPS) is 13.0. The van der Waals surface area contributed by atoms with Crippen LogP contribution in [-0.2, 0) is 12.7 Å². The van der Waals surface area contributed by atoms with Crippen LogP contribution in [0.25, 0.3) is 23.7 Å². The third-order valence-electron chi connectivity index (χ3n) is 3.80. The summed E-state index contributed by atoms with van der Waals surface area (Å²) in [5, 5.41) is 10.2. The number of rotatable bonds is 6. The van der Waals surface area contributed by atoms with E-state index >= 15 is 0 Å². The fourth-order valence-electron chi connectivity index (χ4n) is 2.50. The molecule has 2 heterocycles. The lowest BCUT2D eigenvalue weighted by Crippen LogP contribution is -2.20. The van der Waals surface area contributed by atoms with Crippen molar-refractivity contribution in [3.05, 3.63) is 35.8 Å². The van der Waals surface area contributed by atoms with Gasteiger partial charge in [0, 0.05) is 11.8 Å². The van der Waals surface area contributed by atoms with Crippen molar-refractivity contribution in [2.75, 3.05) is 7.11 Å². The minimum absolute atomic E-state index is 0.0393. The zero-order valence-electron chi connectivity index (χ0n) is 16.6. The number of halogens is 9. The van der Waals surface area contributed by atoms with Gasteiger partial charge in [-0.1, -0.05) is 0 Å². The molecule has 184 valence electrons. The second-order valence-corrected chi connectivity index (χ2v) is 6.40. The summed E-state index contributed by atoms with van der Waals surface area (Å²) in [4.78, 5) is 3.77. The van der Waals surface area contributed by atoms with E-state index in [-0.39, 0.29) is 21.9 Å². The first-order valence-corrected chi connectivity index (χ1v) is 8.76. The van der Waals surface area contributed by atoms with Gasteiger partial charge in [-0.15, -0.1) is 28.5 Å². The highest BCUT2D eigenvalue weighted by atomic mass is 19.4. The summed E-state index contributed by atoms with van der Waals surface area (Å²) in [5.74, 6) is -1.59. The molecule has 0 amide bonds. The maximum Gasteiger partial charge on any atom is 0.574 e. The quantitative estimate of drug-likeness (QED) is 0.457. The molecule has 0 aliphatic rings. The van der Waals surface area contributed by atoms with Gasteiger partial charge in [0.1, 0.15) is 12.1 Å². The molecule has 1 aromatic carbocycles. The third-order valence-corrected chi connectivity index (χ3v) is 3.80. The number of hydrogen-bond donors (Lipinski definition) is 0. The van der Waals surface area contributed by atoms with Crippen molar-refractivity contribution < 1.29 is 49.0 Å². The largest absolute Gasteiger partial charge is 0.574 e. The molecule has 17 heteroatoms. The molecule has 0 fully saturated rings. The molecule has 0 saturated carbocycles. The number of ether oxygens (including phenoxy) is 2. The summed E-state index contributed by atoms with van der Waals surface area (Å²) in [6, 6.07) is 2.73. The highest BCUT2D eigenvalue weighted by Gasteiger charge is 2.36. The molecule has 0 radical (unpaired) electrons. The number of alkyl halides is 9. The van der Waals surface area contributed by atoms with Crippen molar-refractivity contribution in [2.24, 2.45) is 0 Å². The average Bonchev–Trinajstić information content (AvgIpc) is 3.29. The number of hydrogen-bond acceptors (Lipinski definition) is 6. The first-order chi connectivity index (χ1) is 15.6. The Labute approximate surface area is 183 Å². The van der Waals surface area contributed by atoms with Crippen LogP contribution in [-0.4, -0.2) is 49.4 Å². The Morgan fingerprint density at radius 2 is 1.65 bits per heavy atom. The van der Waals surface area contributed by atoms with Gasteiger partial charge in [-0.05, 0) is 24.3 Å². The van der Waals surface area contributed by atoms with Crippen molar-refractivity contribution in [2.45, 2.75) is 25.3 Å².